The van der Waals surface area contributed by atoms with E-state index < -0.39 is 0 Å². The molecule has 0 radical (unpaired) electrons. The van der Waals surface area contributed by atoms with Gasteiger partial charge in [0.05, 0.1) is 12.8 Å². The van der Waals surface area contributed by atoms with Gasteiger partial charge in [0, 0.05) is 44.5 Å². The van der Waals surface area contributed by atoms with Crippen LogP contribution in [0.1, 0.15) is 33.5 Å². The maximum Gasteiger partial charge on any atom is 0.273 e. The number of hydrogen-bond donors (Lipinski definition) is 2. The molecule has 0 bridgehead atoms. The van der Waals surface area contributed by atoms with Crippen LogP contribution in [-0.4, -0.2) is 60.9 Å². The van der Waals surface area contributed by atoms with Crippen molar-refractivity contribution in [1.82, 2.24) is 14.6 Å². The van der Waals surface area contributed by atoms with Gasteiger partial charge in [-0.05, 0) is 30.1 Å². The number of ether oxygens (including phenoxy) is 1. The average molecular weight is 404 g/mol. The van der Waals surface area contributed by atoms with Gasteiger partial charge in [-0.25, -0.2) is 0 Å². The van der Waals surface area contributed by atoms with Crippen LogP contribution in [0.25, 0.3) is 0 Å². The van der Waals surface area contributed by atoms with E-state index in [2.05, 4.69) is 14.6 Å². The van der Waals surface area contributed by atoms with Crippen LogP contribution in [0.3, 0.4) is 0 Å². The second kappa shape index (κ2) is 8.92. The quantitative estimate of drug-likeness (QED) is 0.763. The van der Waals surface area contributed by atoms with Crippen LogP contribution in [0.2, 0.25) is 0 Å². The molecule has 0 atom stereocenters. The summed E-state index contributed by atoms with van der Waals surface area (Å²) in [4.78, 5) is 29.3. The van der Waals surface area contributed by atoms with Crippen LogP contribution in [0, 0.1) is 0 Å². The Morgan fingerprint density at radius 2 is 2.04 bits per heavy atom. The van der Waals surface area contributed by atoms with E-state index >= 15 is 0 Å². The number of nitrogens with two attached hydrogens (primary N) is 1. The molecule has 1 aromatic carbocycles. The minimum Gasteiger partial charge on any atom is -0.497 e. The van der Waals surface area contributed by atoms with Crippen LogP contribution >= 0.6 is 11.5 Å². The second-order valence-electron chi connectivity index (χ2n) is 6.51. The summed E-state index contributed by atoms with van der Waals surface area (Å²) in [5, 5.41) is 2.74. The number of piperazine rings is 1. The van der Waals surface area contributed by atoms with E-state index in [0.717, 1.165) is 29.4 Å². The summed E-state index contributed by atoms with van der Waals surface area (Å²) < 4.78 is 9.38. The van der Waals surface area contributed by atoms with Crippen molar-refractivity contribution in [3.8, 4) is 5.75 Å². The standard InChI is InChI=1S/C19H25N5O3S/c1-3-7-21-18(25)16-15(20)17(28-22-16)19(26)24-10-8-23(9-11-24)13-5-4-6-14(12-13)27-2/h4-6,12H,3,7-11,20H2,1-2H3,(H,21,25). The molecule has 9 heteroatoms. The molecule has 1 aromatic heterocycles. The van der Waals surface area contributed by atoms with Crippen LogP contribution in [0.5, 0.6) is 5.75 Å². The Bertz CT molecular complexity index is 846. The molecule has 0 spiro atoms. The molecule has 1 aliphatic heterocycles. The lowest BCUT2D eigenvalue weighted by atomic mass is 10.2. The van der Waals surface area contributed by atoms with E-state index in [9.17, 15) is 9.59 Å². The van der Waals surface area contributed by atoms with Gasteiger partial charge in [-0.15, -0.1) is 0 Å². The van der Waals surface area contributed by atoms with Crippen molar-refractivity contribution in [1.29, 1.82) is 0 Å². The fraction of sp³-hybridized carbons (Fsp3) is 0.421. The molecular formula is C19H25N5O3S. The van der Waals surface area contributed by atoms with Crippen molar-refractivity contribution in [3.63, 3.8) is 0 Å². The van der Waals surface area contributed by atoms with Crippen LogP contribution in [0.4, 0.5) is 11.4 Å². The van der Waals surface area contributed by atoms with Crippen LogP contribution < -0.4 is 20.7 Å². The molecule has 0 aliphatic carbocycles. The molecule has 28 heavy (non-hydrogen) atoms. The first-order valence-corrected chi connectivity index (χ1v) is 10.0. The third kappa shape index (κ3) is 4.19. The molecule has 0 saturated carbocycles. The number of hydrogen-bond acceptors (Lipinski definition) is 7. The number of aromatic nitrogens is 1. The number of nitrogen functional groups attached to an aromatic ring is 1. The van der Waals surface area contributed by atoms with Crippen molar-refractivity contribution in [2.24, 2.45) is 0 Å². The number of carbonyl (C=O) groups excluding carboxylic acids is 2. The Hall–Kier alpha value is -2.81. The predicted molar refractivity (Wildman–Crippen MR) is 110 cm³/mol. The lowest BCUT2D eigenvalue weighted by molar-refractivity contribution is 0.0752. The third-order valence-electron chi connectivity index (χ3n) is 4.66. The Kier molecular flexibility index (Phi) is 6.35. The Labute approximate surface area is 168 Å². The van der Waals surface area contributed by atoms with E-state index in [4.69, 9.17) is 10.5 Å². The highest BCUT2D eigenvalue weighted by atomic mass is 32.1. The molecule has 1 saturated heterocycles. The topological polar surface area (TPSA) is 101 Å². The van der Waals surface area contributed by atoms with Gasteiger partial charge >= 0.3 is 0 Å². The van der Waals surface area contributed by atoms with Gasteiger partial charge in [-0.3, -0.25) is 9.59 Å². The van der Waals surface area contributed by atoms with Gasteiger partial charge in [-0.1, -0.05) is 13.0 Å². The molecule has 0 unspecified atom stereocenters. The molecule has 1 fully saturated rings. The lowest BCUT2D eigenvalue weighted by Gasteiger charge is -2.36. The van der Waals surface area contributed by atoms with Gasteiger partial charge in [0.2, 0.25) is 0 Å². The van der Waals surface area contributed by atoms with Crippen molar-refractivity contribution in [2.45, 2.75) is 13.3 Å². The monoisotopic (exact) mass is 403 g/mol. The van der Waals surface area contributed by atoms with Gasteiger partial charge in [0.1, 0.15) is 10.6 Å². The summed E-state index contributed by atoms with van der Waals surface area (Å²) in [6.07, 6.45) is 0.819. The first-order chi connectivity index (χ1) is 13.5. The van der Waals surface area contributed by atoms with Crippen molar-refractivity contribution in [3.05, 3.63) is 34.8 Å². The number of benzene rings is 1. The first kappa shape index (κ1) is 19.9. The van der Waals surface area contributed by atoms with Gasteiger partial charge in [0.15, 0.2) is 5.69 Å². The van der Waals surface area contributed by atoms with E-state index in [1.54, 1.807) is 12.0 Å². The molecule has 1 aliphatic rings. The number of rotatable bonds is 6. The van der Waals surface area contributed by atoms with E-state index in [0.29, 0.717) is 37.6 Å². The molecule has 2 amide bonds. The maximum absolute atomic E-state index is 12.9. The first-order valence-electron chi connectivity index (χ1n) is 9.26. The minimum absolute atomic E-state index is 0.136. The number of anilines is 2. The van der Waals surface area contributed by atoms with Crippen molar-refractivity contribution >= 4 is 34.7 Å². The normalized spacial score (nSPS) is 14.1. The SMILES string of the molecule is CCCNC(=O)c1nsc(C(=O)N2CCN(c3cccc(OC)c3)CC2)c1N. The van der Waals surface area contributed by atoms with Crippen LogP contribution in [0.15, 0.2) is 24.3 Å². The highest BCUT2D eigenvalue weighted by molar-refractivity contribution is 7.09. The number of amides is 2. The largest absolute Gasteiger partial charge is 0.497 e. The fourth-order valence-electron chi connectivity index (χ4n) is 3.06. The van der Waals surface area contributed by atoms with Crippen LogP contribution in [-0.2, 0) is 0 Å². The minimum atomic E-state index is -0.336. The van der Waals surface area contributed by atoms with E-state index in [-0.39, 0.29) is 23.2 Å². The zero-order chi connectivity index (χ0) is 20.1. The summed E-state index contributed by atoms with van der Waals surface area (Å²) in [6, 6.07) is 7.88. The Balaban J connectivity index is 1.64. The number of nitrogens with one attached hydrogen (secondary N) is 1. The summed E-state index contributed by atoms with van der Waals surface area (Å²) >= 11 is 0.985. The molecule has 150 valence electrons. The smallest absolute Gasteiger partial charge is 0.273 e. The van der Waals surface area contributed by atoms with E-state index in [1.807, 2.05) is 31.2 Å². The zero-order valence-corrected chi connectivity index (χ0v) is 16.9. The van der Waals surface area contributed by atoms with Gasteiger partial charge in [0.25, 0.3) is 11.8 Å². The molecular weight excluding hydrogens is 378 g/mol. The van der Waals surface area contributed by atoms with Gasteiger partial charge in [-0.2, -0.15) is 4.37 Å². The molecule has 2 heterocycles. The summed E-state index contributed by atoms with van der Waals surface area (Å²) in [6.45, 7) is 5.08. The molecule has 2 aromatic rings. The zero-order valence-electron chi connectivity index (χ0n) is 16.1. The van der Waals surface area contributed by atoms with Gasteiger partial charge < -0.3 is 25.6 Å². The highest BCUT2D eigenvalue weighted by Crippen LogP contribution is 2.26. The Morgan fingerprint density at radius 3 is 2.71 bits per heavy atom. The fourth-order valence-corrected chi connectivity index (χ4v) is 3.82. The average Bonchev–Trinajstić information content (AvgIpc) is 3.13. The maximum atomic E-state index is 12.9. The Morgan fingerprint density at radius 1 is 1.29 bits per heavy atom. The summed E-state index contributed by atoms with van der Waals surface area (Å²) in [7, 11) is 1.64. The van der Waals surface area contributed by atoms with E-state index in [1.165, 1.54) is 0 Å². The van der Waals surface area contributed by atoms with Crippen molar-refractivity contribution < 1.29 is 14.3 Å². The third-order valence-corrected chi connectivity index (χ3v) is 5.51. The molecule has 3 N–H and O–H groups in total. The lowest BCUT2D eigenvalue weighted by Crippen LogP contribution is -2.48. The predicted octanol–water partition coefficient (Wildman–Crippen LogP) is 1.84. The number of carbonyl (C=O) groups is 2. The summed E-state index contributed by atoms with van der Waals surface area (Å²) in [5.41, 5.74) is 7.42. The second-order valence-corrected chi connectivity index (χ2v) is 7.28. The number of nitrogens with zero attached hydrogens (tertiary/aromatic N) is 3. The highest BCUT2D eigenvalue weighted by Gasteiger charge is 2.28. The number of methoxy groups -OCH3 is 1. The molecule has 8 nitrogen and oxygen atoms in total. The molecule has 3 rings (SSSR count). The van der Waals surface area contributed by atoms with Crippen molar-refractivity contribution in [2.75, 3.05) is 50.5 Å². The summed E-state index contributed by atoms with van der Waals surface area (Å²) in [5.74, 6) is 0.301.